The van der Waals surface area contributed by atoms with E-state index in [0.717, 1.165) is 25.3 Å². The van der Waals surface area contributed by atoms with Crippen molar-refractivity contribution in [3.05, 3.63) is 0 Å². The van der Waals surface area contributed by atoms with Crippen LogP contribution in [0.25, 0.3) is 0 Å². The van der Waals surface area contributed by atoms with E-state index < -0.39 is 24.0 Å². The van der Waals surface area contributed by atoms with Gasteiger partial charge in [-0.3, -0.25) is 17.9 Å². The summed E-state index contributed by atoms with van der Waals surface area (Å²) in [5, 5.41) is 16.1. The van der Waals surface area contributed by atoms with Gasteiger partial charge in [-0.15, -0.1) is 0 Å². The van der Waals surface area contributed by atoms with Crippen molar-refractivity contribution in [2.45, 2.75) is 97.2 Å². The number of unbranched alkanes of at least 4 members (excludes halogenated alkanes) is 2. The number of ketones is 2. The molecule has 5 atom stereocenters. The SMILES string of the molecule is CC[C@H](C)CCCCCN[C@@H](CCNI)C(=O)C[C@H](C(=O)N[C@@H](CCN)C(C)=O)[C@H](C)O. The summed E-state index contributed by atoms with van der Waals surface area (Å²) in [6.45, 7) is 9.03. The molecular weight excluding hydrogens is 523 g/mol. The summed E-state index contributed by atoms with van der Waals surface area (Å²) >= 11 is 2.05. The first-order valence-corrected chi connectivity index (χ1v) is 13.0. The van der Waals surface area contributed by atoms with Crippen LogP contribution in [0.2, 0.25) is 0 Å². The number of halogens is 1. The Balaban J connectivity index is 4.86. The molecule has 8 nitrogen and oxygen atoms in total. The molecule has 0 unspecified atom stereocenters. The third-order valence-electron chi connectivity index (χ3n) is 5.98. The molecule has 0 aliphatic rings. The molecule has 0 spiro atoms. The van der Waals surface area contributed by atoms with Gasteiger partial charge in [0.1, 0.15) is 0 Å². The topological polar surface area (TPSA) is 134 Å². The van der Waals surface area contributed by atoms with Gasteiger partial charge >= 0.3 is 0 Å². The lowest BCUT2D eigenvalue weighted by Crippen LogP contribution is -2.48. The van der Waals surface area contributed by atoms with E-state index in [0.29, 0.717) is 19.4 Å². The van der Waals surface area contributed by atoms with E-state index in [1.165, 1.54) is 33.1 Å². The number of Topliss-reactive ketones (excluding diaryl/α,β-unsaturated/α-hetero) is 2. The average molecular weight is 569 g/mol. The van der Waals surface area contributed by atoms with Gasteiger partial charge in [-0.25, -0.2) is 0 Å². The zero-order valence-corrected chi connectivity index (χ0v) is 22.4. The summed E-state index contributed by atoms with van der Waals surface area (Å²) in [5.41, 5.74) is 5.52. The maximum absolute atomic E-state index is 13.0. The normalized spacial score (nSPS) is 16.1. The van der Waals surface area contributed by atoms with Gasteiger partial charge in [0.25, 0.3) is 0 Å². The number of nitrogens with one attached hydrogen (secondary N) is 3. The van der Waals surface area contributed by atoms with Crippen molar-refractivity contribution in [2.24, 2.45) is 17.6 Å². The van der Waals surface area contributed by atoms with Crippen molar-refractivity contribution in [1.82, 2.24) is 14.2 Å². The fourth-order valence-corrected chi connectivity index (χ4v) is 3.83. The number of amides is 1. The zero-order valence-electron chi connectivity index (χ0n) is 20.3. The van der Waals surface area contributed by atoms with Gasteiger partial charge in [-0.1, -0.05) is 39.5 Å². The lowest BCUT2D eigenvalue weighted by molar-refractivity contribution is -0.135. The Morgan fingerprint density at radius 3 is 2.22 bits per heavy atom. The first-order chi connectivity index (χ1) is 15.2. The van der Waals surface area contributed by atoms with Crippen LogP contribution >= 0.6 is 22.9 Å². The predicted octanol–water partition coefficient (Wildman–Crippen LogP) is 2.26. The molecule has 0 aromatic carbocycles. The summed E-state index contributed by atoms with van der Waals surface area (Å²) in [6, 6.07) is -1.08. The molecule has 0 aliphatic carbocycles. The highest BCUT2D eigenvalue weighted by Gasteiger charge is 2.31. The van der Waals surface area contributed by atoms with E-state index in [4.69, 9.17) is 5.73 Å². The van der Waals surface area contributed by atoms with Crippen LogP contribution in [0.4, 0.5) is 0 Å². The summed E-state index contributed by atoms with van der Waals surface area (Å²) in [6.07, 6.45) is 5.58. The van der Waals surface area contributed by atoms with Crippen molar-refractivity contribution in [2.75, 3.05) is 19.6 Å². The van der Waals surface area contributed by atoms with E-state index in [-0.39, 0.29) is 30.6 Å². The quantitative estimate of drug-likeness (QED) is 0.0865. The molecule has 0 aliphatic heterocycles. The summed E-state index contributed by atoms with van der Waals surface area (Å²) in [7, 11) is 0. The highest BCUT2D eigenvalue weighted by molar-refractivity contribution is 14.1. The van der Waals surface area contributed by atoms with Crippen LogP contribution in [0.15, 0.2) is 0 Å². The Morgan fingerprint density at radius 2 is 1.69 bits per heavy atom. The van der Waals surface area contributed by atoms with E-state index in [2.05, 4.69) is 28.0 Å². The van der Waals surface area contributed by atoms with Gasteiger partial charge in [-0.2, -0.15) is 0 Å². The number of carbonyl (C=O) groups is 3. The van der Waals surface area contributed by atoms with Gasteiger partial charge < -0.3 is 21.5 Å². The van der Waals surface area contributed by atoms with Gasteiger partial charge in [0.05, 0.1) is 24.1 Å². The predicted molar refractivity (Wildman–Crippen MR) is 137 cm³/mol. The van der Waals surface area contributed by atoms with Crippen LogP contribution in [-0.4, -0.2) is 60.4 Å². The second-order valence-electron chi connectivity index (χ2n) is 8.81. The summed E-state index contributed by atoms with van der Waals surface area (Å²) in [5.74, 6) is -0.939. The minimum absolute atomic E-state index is 0.0797. The molecule has 0 radical (unpaired) electrons. The third-order valence-corrected chi connectivity index (χ3v) is 6.52. The average Bonchev–Trinajstić information content (AvgIpc) is 2.75. The molecule has 9 heteroatoms. The Labute approximate surface area is 208 Å². The van der Waals surface area contributed by atoms with Crippen LogP contribution in [0.5, 0.6) is 0 Å². The van der Waals surface area contributed by atoms with E-state index in [1.54, 1.807) is 0 Å². The first-order valence-electron chi connectivity index (χ1n) is 12.0. The molecule has 1 amide bonds. The maximum atomic E-state index is 13.0. The highest BCUT2D eigenvalue weighted by atomic mass is 127. The minimum Gasteiger partial charge on any atom is -0.393 e. The fourth-order valence-electron chi connectivity index (χ4n) is 3.51. The molecule has 0 rings (SSSR count). The minimum atomic E-state index is -1.01. The Bertz CT molecular complexity index is 548. The number of aliphatic hydroxyl groups is 1. The van der Waals surface area contributed by atoms with Crippen molar-refractivity contribution < 1.29 is 19.5 Å². The fraction of sp³-hybridized carbons (Fsp3) is 0.870. The second-order valence-corrected chi connectivity index (χ2v) is 9.57. The summed E-state index contributed by atoms with van der Waals surface area (Å²) < 4.78 is 3.03. The molecule has 32 heavy (non-hydrogen) atoms. The molecular formula is C23H45IN4O4. The number of hydrogen-bond acceptors (Lipinski definition) is 7. The van der Waals surface area contributed by atoms with Gasteiger partial charge in [0.15, 0.2) is 11.6 Å². The van der Waals surface area contributed by atoms with Crippen molar-refractivity contribution >= 4 is 40.3 Å². The Morgan fingerprint density at radius 1 is 1.00 bits per heavy atom. The molecule has 0 saturated heterocycles. The van der Waals surface area contributed by atoms with Crippen molar-refractivity contribution in [3.8, 4) is 0 Å². The lowest BCUT2D eigenvalue weighted by atomic mass is 9.91. The molecule has 0 bridgehead atoms. The number of hydrogen-bond donors (Lipinski definition) is 5. The highest BCUT2D eigenvalue weighted by Crippen LogP contribution is 2.15. The third kappa shape index (κ3) is 13.8. The monoisotopic (exact) mass is 568 g/mol. The van der Waals surface area contributed by atoms with E-state index in [9.17, 15) is 19.5 Å². The molecule has 0 heterocycles. The standard InChI is InChI=1S/C23H45IN4O4/c1-5-16(2)9-7-6-8-13-26-21(11-14-27-24)22(31)15-19(17(3)29)23(32)28-20(10-12-25)18(4)30/h16-17,19-21,26-27,29H,5-15,25H2,1-4H3,(H,28,32)/t16-,17-,19-,20-,21-/m0/s1. The Kier molecular flexibility index (Phi) is 18.4. The van der Waals surface area contributed by atoms with Crippen molar-refractivity contribution in [1.29, 1.82) is 0 Å². The van der Waals surface area contributed by atoms with Gasteiger partial charge in [-0.05, 0) is 52.1 Å². The number of aliphatic hydroxyl groups excluding tert-OH is 1. The van der Waals surface area contributed by atoms with Crippen LogP contribution in [0.1, 0.15) is 79.1 Å². The van der Waals surface area contributed by atoms with Crippen molar-refractivity contribution in [3.63, 3.8) is 0 Å². The molecule has 6 N–H and O–H groups in total. The Hall–Kier alpha value is -0.620. The number of rotatable bonds is 20. The second kappa shape index (κ2) is 18.8. The molecule has 188 valence electrons. The number of carbonyl (C=O) groups excluding carboxylic acids is 3. The lowest BCUT2D eigenvalue weighted by Gasteiger charge is -2.25. The summed E-state index contributed by atoms with van der Waals surface area (Å²) in [4.78, 5) is 37.4. The van der Waals surface area contributed by atoms with Gasteiger partial charge in [0.2, 0.25) is 5.91 Å². The molecule has 0 aromatic rings. The van der Waals surface area contributed by atoms with Gasteiger partial charge in [0, 0.05) is 35.8 Å². The molecule has 0 fully saturated rings. The zero-order chi connectivity index (χ0) is 24.5. The van der Waals surface area contributed by atoms with Crippen LogP contribution < -0.4 is 19.9 Å². The number of nitrogens with two attached hydrogens (primary N) is 1. The van der Waals surface area contributed by atoms with E-state index in [1.807, 2.05) is 22.9 Å². The van der Waals surface area contributed by atoms with Crippen LogP contribution in [0, 0.1) is 11.8 Å². The van der Waals surface area contributed by atoms with Crippen LogP contribution in [0.3, 0.4) is 0 Å². The first kappa shape index (κ1) is 31.4. The maximum Gasteiger partial charge on any atom is 0.226 e. The smallest absolute Gasteiger partial charge is 0.226 e. The molecule has 0 aromatic heterocycles. The molecule has 0 saturated carbocycles. The van der Waals surface area contributed by atoms with Crippen LogP contribution in [-0.2, 0) is 14.4 Å². The largest absolute Gasteiger partial charge is 0.393 e. The van der Waals surface area contributed by atoms with E-state index >= 15 is 0 Å².